The average molecular weight is 405 g/mol. The number of benzene rings is 2. The highest BCUT2D eigenvalue weighted by Crippen LogP contribution is 2.29. The smallest absolute Gasteiger partial charge is 0.150 e. The summed E-state index contributed by atoms with van der Waals surface area (Å²) < 4.78 is 6.58. The molecule has 1 fully saturated rings. The van der Waals surface area contributed by atoms with Gasteiger partial charge in [-0.05, 0) is 29.7 Å². The SMILES string of the molecule is CO.O=Cc1ccnc(CN2CC[C@H](OC(c3ccccc3)c3ccccc3)C2)c1. The maximum Gasteiger partial charge on any atom is 0.150 e. The summed E-state index contributed by atoms with van der Waals surface area (Å²) in [6.07, 6.45) is 3.65. The predicted octanol–water partition coefficient (Wildman–Crippen LogP) is 3.88. The number of rotatable bonds is 7. The summed E-state index contributed by atoms with van der Waals surface area (Å²) in [6.45, 7) is 2.57. The van der Waals surface area contributed by atoms with Crippen LogP contribution in [0.5, 0.6) is 0 Å². The molecule has 5 heteroatoms. The number of carbonyl (C=O) groups excluding carboxylic acids is 1. The fourth-order valence-corrected chi connectivity index (χ4v) is 3.74. The third-order valence-corrected chi connectivity index (χ3v) is 5.12. The minimum atomic E-state index is -0.0659. The zero-order valence-corrected chi connectivity index (χ0v) is 17.2. The Hall–Kier alpha value is -2.86. The Morgan fingerprint density at radius 2 is 1.70 bits per heavy atom. The Morgan fingerprint density at radius 3 is 2.30 bits per heavy atom. The fourth-order valence-electron chi connectivity index (χ4n) is 3.74. The van der Waals surface area contributed by atoms with Crippen molar-refractivity contribution in [2.24, 2.45) is 0 Å². The van der Waals surface area contributed by atoms with Crippen LogP contribution >= 0.6 is 0 Å². The highest BCUT2D eigenvalue weighted by atomic mass is 16.5. The molecule has 0 aliphatic carbocycles. The topological polar surface area (TPSA) is 62.7 Å². The maximum absolute atomic E-state index is 11.0. The van der Waals surface area contributed by atoms with Crippen molar-refractivity contribution in [3.8, 4) is 0 Å². The van der Waals surface area contributed by atoms with E-state index >= 15 is 0 Å². The first-order chi connectivity index (χ1) is 14.8. The van der Waals surface area contributed by atoms with Crippen LogP contribution in [0.1, 0.15) is 39.7 Å². The fraction of sp³-hybridized carbons (Fsp3) is 0.280. The van der Waals surface area contributed by atoms with E-state index < -0.39 is 0 Å². The van der Waals surface area contributed by atoms with Crippen LogP contribution in [0.2, 0.25) is 0 Å². The van der Waals surface area contributed by atoms with Gasteiger partial charge in [0.2, 0.25) is 0 Å². The van der Waals surface area contributed by atoms with Gasteiger partial charge in [-0.1, -0.05) is 60.7 Å². The minimum absolute atomic E-state index is 0.0659. The van der Waals surface area contributed by atoms with E-state index in [-0.39, 0.29) is 12.2 Å². The van der Waals surface area contributed by atoms with Crippen molar-refractivity contribution < 1.29 is 14.6 Å². The molecule has 1 aromatic heterocycles. The number of likely N-dealkylation sites (tertiary alicyclic amines) is 1. The molecule has 1 saturated heterocycles. The van der Waals surface area contributed by atoms with Gasteiger partial charge in [0.25, 0.3) is 0 Å². The van der Waals surface area contributed by atoms with E-state index in [1.807, 2.05) is 18.2 Å². The first kappa shape index (κ1) is 21.8. The van der Waals surface area contributed by atoms with Crippen molar-refractivity contribution in [2.45, 2.75) is 25.2 Å². The van der Waals surface area contributed by atoms with Gasteiger partial charge in [-0.2, -0.15) is 0 Å². The van der Waals surface area contributed by atoms with Gasteiger partial charge >= 0.3 is 0 Å². The lowest BCUT2D eigenvalue weighted by Crippen LogP contribution is -2.25. The number of aliphatic hydroxyl groups is 1. The molecule has 1 aliphatic rings. The molecule has 0 bridgehead atoms. The van der Waals surface area contributed by atoms with E-state index in [0.29, 0.717) is 5.56 Å². The number of aromatic nitrogens is 1. The van der Waals surface area contributed by atoms with Crippen LogP contribution in [0.25, 0.3) is 0 Å². The maximum atomic E-state index is 11.0. The predicted molar refractivity (Wildman–Crippen MR) is 117 cm³/mol. The molecule has 2 aromatic carbocycles. The minimum Gasteiger partial charge on any atom is -0.400 e. The standard InChI is InChI=1S/C24H24N2O2.CH4O/c27-18-19-11-13-25-22(15-19)16-26-14-12-23(17-26)28-24(20-7-3-1-4-8-20)21-9-5-2-6-10-21;1-2/h1-11,13,15,18,23-24H,12,14,16-17H2;2H,1H3/t23-;/m0./s1. The summed E-state index contributed by atoms with van der Waals surface area (Å²) in [7, 11) is 1.00. The molecule has 0 amide bonds. The lowest BCUT2D eigenvalue weighted by Gasteiger charge is -2.23. The molecule has 1 aliphatic heterocycles. The van der Waals surface area contributed by atoms with Gasteiger partial charge in [0.05, 0.1) is 11.8 Å². The van der Waals surface area contributed by atoms with Crippen LogP contribution in [0, 0.1) is 0 Å². The monoisotopic (exact) mass is 404 g/mol. The van der Waals surface area contributed by atoms with Crippen LogP contribution in [-0.4, -0.2) is 47.6 Å². The lowest BCUT2D eigenvalue weighted by molar-refractivity contribution is 0.0138. The van der Waals surface area contributed by atoms with Crippen molar-refractivity contribution in [1.82, 2.24) is 9.88 Å². The second-order valence-corrected chi connectivity index (χ2v) is 7.18. The highest BCUT2D eigenvalue weighted by molar-refractivity contribution is 5.74. The zero-order chi connectivity index (χ0) is 21.2. The number of aliphatic hydroxyl groups excluding tert-OH is 1. The number of carbonyl (C=O) groups is 1. The molecule has 0 unspecified atom stereocenters. The van der Waals surface area contributed by atoms with Gasteiger partial charge in [0.15, 0.2) is 0 Å². The van der Waals surface area contributed by atoms with E-state index in [0.717, 1.165) is 45.1 Å². The van der Waals surface area contributed by atoms with Gasteiger partial charge in [-0.15, -0.1) is 0 Å². The van der Waals surface area contributed by atoms with E-state index in [9.17, 15) is 4.79 Å². The molecule has 156 valence electrons. The number of pyridine rings is 1. The van der Waals surface area contributed by atoms with Crippen LogP contribution in [0.3, 0.4) is 0 Å². The van der Waals surface area contributed by atoms with Crippen molar-refractivity contribution in [3.63, 3.8) is 0 Å². The molecule has 1 N–H and O–H groups in total. The molecule has 5 nitrogen and oxygen atoms in total. The van der Waals surface area contributed by atoms with E-state index in [1.54, 1.807) is 12.3 Å². The van der Waals surface area contributed by atoms with Crippen LogP contribution in [0.15, 0.2) is 79.0 Å². The largest absolute Gasteiger partial charge is 0.400 e. The number of hydrogen-bond donors (Lipinski definition) is 1. The van der Waals surface area contributed by atoms with Crippen LogP contribution in [-0.2, 0) is 11.3 Å². The van der Waals surface area contributed by atoms with Gasteiger partial charge in [0, 0.05) is 38.5 Å². The summed E-state index contributed by atoms with van der Waals surface area (Å²) in [5.41, 5.74) is 3.94. The summed E-state index contributed by atoms with van der Waals surface area (Å²) in [5.74, 6) is 0. The molecular weight excluding hydrogens is 376 g/mol. The van der Waals surface area contributed by atoms with E-state index in [2.05, 4.69) is 58.4 Å². The molecule has 2 heterocycles. The van der Waals surface area contributed by atoms with Crippen molar-refractivity contribution in [2.75, 3.05) is 20.2 Å². The van der Waals surface area contributed by atoms with Gasteiger partial charge in [-0.25, -0.2) is 0 Å². The van der Waals surface area contributed by atoms with E-state index in [4.69, 9.17) is 9.84 Å². The number of hydrogen-bond acceptors (Lipinski definition) is 5. The molecule has 4 rings (SSSR count). The van der Waals surface area contributed by atoms with Crippen LogP contribution < -0.4 is 0 Å². The third kappa shape index (κ3) is 5.83. The number of aldehydes is 1. The summed E-state index contributed by atoms with van der Waals surface area (Å²) in [5, 5.41) is 7.00. The molecule has 30 heavy (non-hydrogen) atoms. The Bertz CT molecular complexity index is 863. The molecule has 0 saturated carbocycles. The molecule has 0 radical (unpaired) electrons. The normalized spacial score (nSPS) is 16.2. The average Bonchev–Trinajstić information content (AvgIpc) is 3.27. The molecule has 3 aromatic rings. The molecule has 1 atom stereocenters. The van der Waals surface area contributed by atoms with Gasteiger partial charge < -0.3 is 9.84 Å². The van der Waals surface area contributed by atoms with Crippen molar-refractivity contribution in [1.29, 1.82) is 0 Å². The summed E-state index contributed by atoms with van der Waals surface area (Å²) >= 11 is 0. The number of ether oxygens (including phenoxy) is 1. The third-order valence-electron chi connectivity index (χ3n) is 5.12. The quantitative estimate of drug-likeness (QED) is 0.606. The molecular formula is C25H28N2O3. The summed E-state index contributed by atoms with van der Waals surface area (Å²) in [4.78, 5) is 17.7. The first-order valence-corrected chi connectivity index (χ1v) is 10.1. The zero-order valence-electron chi connectivity index (χ0n) is 17.2. The Balaban J connectivity index is 0.00000124. The number of nitrogens with zero attached hydrogens (tertiary/aromatic N) is 2. The lowest BCUT2D eigenvalue weighted by atomic mass is 10.0. The van der Waals surface area contributed by atoms with Gasteiger partial charge in [-0.3, -0.25) is 14.7 Å². The molecule has 0 spiro atoms. The van der Waals surface area contributed by atoms with Gasteiger partial charge in [0.1, 0.15) is 12.4 Å². The Morgan fingerprint density at radius 1 is 1.07 bits per heavy atom. The Labute approximate surface area is 178 Å². The van der Waals surface area contributed by atoms with Crippen LogP contribution in [0.4, 0.5) is 0 Å². The Kier molecular flexibility index (Phi) is 8.27. The first-order valence-electron chi connectivity index (χ1n) is 10.1. The van der Waals surface area contributed by atoms with E-state index in [1.165, 1.54) is 11.1 Å². The van der Waals surface area contributed by atoms with Crippen molar-refractivity contribution >= 4 is 6.29 Å². The second kappa shape index (κ2) is 11.4. The second-order valence-electron chi connectivity index (χ2n) is 7.18. The van der Waals surface area contributed by atoms with Crippen molar-refractivity contribution in [3.05, 3.63) is 101 Å². The highest BCUT2D eigenvalue weighted by Gasteiger charge is 2.27. The summed E-state index contributed by atoms with van der Waals surface area (Å²) in [6, 6.07) is 24.4.